The highest BCUT2D eigenvalue weighted by molar-refractivity contribution is 7.97. The summed E-state index contributed by atoms with van der Waals surface area (Å²) in [5.74, 6) is 1.60. The molecule has 6 nitrogen and oxygen atoms in total. The van der Waals surface area contributed by atoms with Crippen molar-refractivity contribution in [2.24, 2.45) is 5.73 Å². The molecule has 0 spiro atoms. The van der Waals surface area contributed by atoms with Gasteiger partial charge in [0.05, 0.1) is 0 Å². The second-order valence-corrected chi connectivity index (χ2v) is 4.36. The quantitative estimate of drug-likeness (QED) is 0.567. The van der Waals surface area contributed by atoms with Gasteiger partial charge in [-0.05, 0) is 37.4 Å². The predicted octanol–water partition coefficient (Wildman–Crippen LogP) is 1.33. The lowest BCUT2D eigenvalue weighted by Crippen LogP contribution is -2.30. The molecular weight excluding hydrogens is 238 g/mol. The van der Waals surface area contributed by atoms with E-state index in [1.807, 2.05) is 19.1 Å². The number of nitrogens with one attached hydrogen (secondary N) is 1. The lowest BCUT2D eigenvalue weighted by molar-refractivity contribution is 0.236. The van der Waals surface area contributed by atoms with E-state index >= 15 is 0 Å². The van der Waals surface area contributed by atoms with E-state index < -0.39 is 0 Å². The van der Waals surface area contributed by atoms with Crippen LogP contribution in [0.15, 0.2) is 18.3 Å². The maximum absolute atomic E-state index is 10.9. The highest BCUT2D eigenvalue weighted by Crippen LogP contribution is 2.10. The van der Waals surface area contributed by atoms with Crippen LogP contribution in [0.3, 0.4) is 0 Å². The number of nitrogens with two attached hydrogens (primary N) is 1. The third kappa shape index (κ3) is 5.39. The fraction of sp³-hybridized carbons (Fsp3) is 0.500. The SMILES string of the molecule is CCN(SCCCNc1cccnn1)C(N)=O. The van der Waals surface area contributed by atoms with Crippen LogP contribution in [0.2, 0.25) is 0 Å². The topological polar surface area (TPSA) is 84.1 Å². The highest BCUT2D eigenvalue weighted by atomic mass is 32.2. The van der Waals surface area contributed by atoms with Gasteiger partial charge in [-0.2, -0.15) is 5.10 Å². The van der Waals surface area contributed by atoms with Crippen molar-refractivity contribution in [2.75, 3.05) is 24.2 Å². The van der Waals surface area contributed by atoms with Crippen molar-refractivity contribution in [3.05, 3.63) is 18.3 Å². The van der Waals surface area contributed by atoms with Crippen molar-refractivity contribution in [2.45, 2.75) is 13.3 Å². The van der Waals surface area contributed by atoms with Crippen molar-refractivity contribution in [3.63, 3.8) is 0 Å². The van der Waals surface area contributed by atoms with E-state index in [9.17, 15) is 4.79 Å². The average molecular weight is 255 g/mol. The molecule has 0 saturated carbocycles. The van der Waals surface area contributed by atoms with Crippen LogP contribution in [0.25, 0.3) is 0 Å². The third-order valence-corrected chi connectivity index (χ3v) is 3.20. The largest absolute Gasteiger partial charge is 0.369 e. The Kier molecular flexibility index (Phi) is 6.16. The summed E-state index contributed by atoms with van der Waals surface area (Å²) in [6, 6.07) is 3.30. The van der Waals surface area contributed by atoms with Gasteiger partial charge in [0.15, 0.2) is 0 Å². The van der Waals surface area contributed by atoms with Gasteiger partial charge in [0.25, 0.3) is 0 Å². The Hall–Kier alpha value is -1.50. The summed E-state index contributed by atoms with van der Waals surface area (Å²) in [7, 11) is 0. The fourth-order valence-corrected chi connectivity index (χ4v) is 1.97. The summed E-state index contributed by atoms with van der Waals surface area (Å²) in [4.78, 5) is 10.9. The zero-order valence-corrected chi connectivity index (χ0v) is 10.6. The molecule has 1 rings (SSSR count). The van der Waals surface area contributed by atoms with Crippen LogP contribution in [0.1, 0.15) is 13.3 Å². The second-order valence-electron chi connectivity index (χ2n) is 3.26. The molecule has 0 unspecified atom stereocenters. The molecule has 7 heteroatoms. The summed E-state index contributed by atoms with van der Waals surface area (Å²) in [5.41, 5.74) is 5.19. The van der Waals surface area contributed by atoms with Crippen LogP contribution < -0.4 is 11.1 Å². The molecule has 1 aromatic heterocycles. The van der Waals surface area contributed by atoms with E-state index in [1.165, 1.54) is 11.9 Å². The van der Waals surface area contributed by atoms with E-state index in [1.54, 1.807) is 10.5 Å². The highest BCUT2D eigenvalue weighted by Gasteiger charge is 2.06. The van der Waals surface area contributed by atoms with Crippen LogP contribution >= 0.6 is 11.9 Å². The monoisotopic (exact) mass is 255 g/mol. The Morgan fingerprint density at radius 2 is 2.47 bits per heavy atom. The standard InChI is InChI=1S/C10H17N5OS/c1-2-15(10(11)16)17-8-4-6-12-9-5-3-7-13-14-9/h3,5,7H,2,4,6,8H2,1H3,(H2,11,16)(H,12,14). The number of nitrogens with zero attached hydrogens (tertiary/aromatic N) is 3. The van der Waals surface area contributed by atoms with Crippen LogP contribution in [0.5, 0.6) is 0 Å². The van der Waals surface area contributed by atoms with E-state index in [0.29, 0.717) is 6.54 Å². The normalized spacial score (nSPS) is 9.94. The third-order valence-electron chi connectivity index (χ3n) is 1.98. The number of aromatic nitrogens is 2. The van der Waals surface area contributed by atoms with Gasteiger partial charge in [0, 0.05) is 25.0 Å². The first-order valence-corrected chi connectivity index (χ1v) is 6.39. The number of amides is 2. The molecule has 0 bridgehead atoms. The lowest BCUT2D eigenvalue weighted by atomic mass is 10.4. The van der Waals surface area contributed by atoms with Gasteiger partial charge >= 0.3 is 6.03 Å². The second kappa shape index (κ2) is 7.72. The maximum Gasteiger partial charge on any atom is 0.324 e. The molecule has 1 heterocycles. The van der Waals surface area contributed by atoms with Crippen molar-refractivity contribution in [1.29, 1.82) is 0 Å². The number of hydrogen-bond acceptors (Lipinski definition) is 5. The molecule has 0 aliphatic heterocycles. The predicted molar refractivity (Wildman–Crippen MR) is 69.6 cm³/mol. The molecule has 0 saturated heterocycles. The number of urea groups is 1. The molecule has 1 aromatic rings. The first-order valence-electron chi connectivity index (χ1n) is 5.45. The first-order chi connectivity index (χ1) is 8.24. The summed E-state index contributed by atoms with van der Waals surface area (Å²) in [6.07, 6.45) is 2.55. The van der Waals surface area contributed by atoms with E-state index in [-0.39, 0.29) is 6.03 Å². The first kappa shape index (κ1) is 13.6. The fourth-order valence-electron chi connectivity index (χ4n) is 1.17. The molecule has 0 aromatic carbocycles. The molecule has 17 heavy (non-hydrogen) atoms. The van der Waals surface area contributed by atoms with E-state index in [0.717, 1.165) is 24.5 Å². The van der Waals surface area contributed by atoms with Gasteiger partial charge in [0.1, 0.15) is 5.82 Å². The Balaban J connectivity index is 2.10. The maximum atomic E-state index is 10.9. The molecule has 0 atom stereocenters. The van der Waals surface area contributed by atoms with Crippen molar-refractivity contribution in [3.8, 4) is 0 Å². The molecule has 94 valence electrons. The molecule has 0 fully saturated rings. The molecule has 2 amide bonds. The van der Waals surface area contributed by atoms with Crippen LogP contribution in [0.4, 0.5) is 10.6 Å². The van der Waals surface area contributed by atoms with Crippen LogP contribution in [0, 0.1) is 0 Å². The van der Waals surface area contributed by atoms with Crippen molar-refractivity contribution < 1.29 is 4.79 Å². The van der Waals surface area contributed by atoms with E-state index in [4.69, 9.17) is 5.73 Å². The van der Waals surface area contributed by atoms with Crippen molar-refractivity contribution >= 4 is 23.8 Å². The van der Waals surface area contributed by atoms with Gasteiger partial charge in [-0.3, -0.25) is 4.31 Å². The summed E-state index contributed by atoms with van der Waals surface area (Å²) < 4.78 is 1.54. The number of carbonyl (C=O) groups excluding carboxylic acids is 1. The van der Waals surface area contributed by atoms with Gasteiger partial charge < -0.3 is 11.1 Å². The minimum absolute atomic E-state index is 0.389. The minimum Gasteiger partial charge on any atom is -0.369 e. The molecule has 0 radical (unpaired) electrons. The zero-order valence-electron chi connectivity index (χ0n) is 9.80. The molecule has 3 N–H and O–H groups in total. The van der Waals surface area contributed by atoms with Crippen LogP contribution in [-0.4, -0.2) is 39.4 Å². The summed E-state index contributed by atoms with van der Waals surface area (Å²) >= 11 is 1.45. The van der Waals surface area contributed by atoms with Gasteiger partial charge in [-0.1, -0.05) is 0 Å². The lowest BCUT2D eigenvalue weighted by Gasteiger charge is -2.16. The minimum atomic E-state index is -0.389. The Labute approximate surface area is 105 Å². The molecule has 0 aliphatic rings. The smallest absolute Gasteiger partial charge is 0.324 e. The van der Waals surface area contributed by atoms with Gasteiger partial charge in [-0.25, -0.2) is 4.79 Å². The average Bonchev–Trinajstić information content (AvgIpc) is 2.34. The summed E-state index contributed by atoms with van der Waals surface area (Å²) in [5, 5.41) is 10.8. The summed E-state index contributed by atoms with van der Waals surface area (Å²) in [6.45, 7) is 3.31. The van der Waals surface area contributed by atoms with Crippen molar-refractivity contribution in [1.82, 2.24) is 14.5 Å². The number of primary amides is 1. The van der Waals surface area contributed by atoms with E-state index in [2.05, 4.69) is 15.5 Å². The number of hydrogen-bond donors (Lipinski definition) is 2. The van der Waals surface area contributed by atoms with Crippen LogP contribution in [-0.2, 0) is 0 Å². The Morgan fingerprint density at radius 1 is 1.65 bits per heavy atom. The zero-order chi connectivity index (χ0) is 12.5. The molecule has 0 aliphatic carbocycles. The number of anilines is 1. The molecular formula is C10H17N5OS. The number of carbonyl (C=O) groups is 1. The Morgan fingerprint density at radius 3 is 3.06 bits per heavy atom. The van der Waals surface area contributed by atoms with Gasteiger partial charge in [0.2, 0.25) is 0 Å². The van der Waals surface area contributed by atoms with Gasteiger partial charge in [-0.15, -0.1) is 5.10 Å². The Bertz CT molecular complexity index is 335. The number of rotatable bonds is 7.